The number of hydrogen-bond donors (Lipinski definition) is 0. The van der Waals surface area contributed by atoms with Crippen LogP contribution in [0.15, 0.2) is 18.2 Å². The Morgan fingerprint density at radius 1 is 1.19 bits per heavy atom. The van der Waals surface area contributed by atoms with Gasteiger partial charge < -0.3 is 14.2 Å². The van der Waals surface area contributed by atoms with E-state index in [-0.39, 0.29) is 6.61 Å². The van der Waals surface area contributed by atoms with Crippen LogP contribution in [0.5, 0.6) is 11.5 Å². The van der Waals surface area contributed by atoms with Gasteiger partial charge in [-0.3, -0.25) is 4.79 Å². The molecule has 0 aromatic heterocycles. The molecule has 110 valence electrons. The summed E-state index contributed by atoms with van der Waals surface area (Å²) in [4.78, 5) is 11.8. The molecule has 0 aliphatic rings. The molecule has 0 radical (unpaired) electrons. The van der Waals surface area contributed by atoms with E-state index < -0.39 is 17.8 Å². The molecule has 0 bridgehead atoms. The highest BCUT2D eigenvalue weighted by molar-refractivity contribution is 5.77. The van der Waals surface area contributed by atoms with Crippen molar-refractivity contribution in [3.8, 4) is 23.6 Å². The molecule has 6 nitrogen and oxygen atoms in total. The van der Waals surface area contributed by atoms with E-state index in [9.17, 15) is 10.1 Å². The van der Waals surface area contributed by atoms with E-state index in [1.165, 1.54) is 14.2 Å². The summed E-state index contributed by atoms with van der Waals surface area (Å²) in [5.74, 6) is -1.90. The molecule has 6 heteroatoms. The number of ether oxygens (including phenoxy) is 3. The minimum absolute atomic E-state index is 0.154. The van der Waals surface area contributed by atoms with E-state index in [1.54, 1.807) is 25.1 Å². The second-order valence-electron chi connectivity index (χ2n) is 4.08. The van der Waals surface area contributed by atoms with E-state index in [2.05, 4.69) is 0 Å². The Morgan fingerprint density at radius 3 is 2.33 bits per heavy atom. The number of benzene rings is 1. The van der Waals surface area contributed by atoms with Gasteiger partial charge in [0.15, 0.2) is 17.4 Å². The fourth-order valence-electron chi connectivity index (χ4n) is 1.88. The number of carbonyl (C=O) groups excluding carboxylic acids is 1. The highest BCUT2D eigenvalue weighted by Crippen LogP contribution is 2.33. The first-order valence-electron chi connectivity index (χ1n) is 6.30. The fraction of sp³-hybridized carbons (Fsp3) is 0.400. The molecule has 0 unspecified atom stereocenters. The SMILES string of the molecule is CCOC(=O)[C@H](C#N)[C@H](C#N)c1ccc(OC)c(OC)c1. The number of methoxy groups -OCH3 is 2. The highest BCUT2D eigenvalue weighted by atomic mass is 16.5. The van der Waals surface area contributed by atoms with Crippen LogP contribution in [0.1, 0.15) is 18.4 Å². The van der Waals surface area contributed by atoms with Crippen LogP contribution in [-0.2, 0) is 9.53 Å². The third-order valence-electron chi connectivity index (χ3n) is 2.92. The van der Waals surface area contributed by atoms with Crippen molar-refractivity contribution in [3.63, 3.8) is 0 Å². The molecule has 0 spiro atoms. The Morgan fingerprint density at radius 2 is 1.86 bits per heavy atom. The minimum Gasteiger partial charge on any atom is -0.493 e. The van der Waals surface area contributed by atoms with Gasteiger partial charge in [0.1, 0.15) is 0 Å². The number of nitriles is 2. The van der Waals surface area contributed by atoms with Crippen LogP contribution in [0.4, 0.5) is 0 Å². The van der Waals surface area contributed by atoms with Crippen LogP contribution < -0.4 is 9.47 Å². The summed E-state index contributed by atoms with van der Waals surface area (Å²) in [5.41, 5.74) is 0.495. The predicted molar refractivity (Wildman–Crippen MR) is 73.6 cm³/mol. The standard InChI is InChI=1S/C15H16N2O4/c1-4-21-15(18)12(9-17)11(8-16)10-5-6-13(19-2)14(7-10)20-3/h5-7,11-12H,4H2,1-3H3/t11-,12-/m1/s1. The van der Waals surface area contributed by atoms with Crippen molar-refractivity contribution in [1.29, 1.82) is 10.5 Å². The summed E-state index contributed by atoms with van der Waals surface area (Å²) in [7, 11) is 2.96. The normalized spacial score (nSPS) is 12.4. The van der Waals surface area contributed by atoms with E-state index in [4.69, 9.17) is 19.5 Å². The number of hydrogen-bond acceptors (Lipinski definition) is 6. The number of carbonyl (C=O) groups is 1. The van der Waals surface area contributed by atoms with Crippen molar-refractivity contribution >= 4 is 5.97 Å². The van der Waals surface area contributed by atoms with Crippen molar-refractivity contribution in [2.75, 3.05) is 20.8 Å². The number of nitrogens with zero attached hydrogens (tertiary/aromatic N) is 2. The summed E-state index contributed by atoms with van der Waals surface area (Å²) in [6.45, 7) is 1.80. The van der Waals surface area contributed by atoms with Gasteiger partial charge in [-0.2, -0.15) is 10.5 Å². The van der Waals surface area contributed by atoms with Crippen molar-refractivity contribution in [3.05, 3.63) is 23.8 Å². The van der Waals surface area contributed by atoms with Crippen LogP contribution in [0.3, 0.4) is 0 Å². The van der Waals surface area contributed by atoms with Gasteiger partial charge in [0.05, 0.1) is 38.9 Å². The van der Waals surface area contributed by atoms with E-state index in [0.717, 1.165) is 0 Å². The van der Waals surface area contributed by atoms with Gasteiger partial charge in [0.2, 0.25) is 0 Å². The topological polar surface area (TPSA) is 92.3 Å². The smallest absolute Gasteiger partial charge is 0.325 e. The maximum atomic E-state index is 11.8. The second-order valence-corrected chi connectivity index (χ2v) is 4.08. The van der Waals surface area contributed by atoms with Gasteiger partial charge in [-0.05, 0) is 24.6 Å². The molecule has 2 atom stereocenters. The molecule has 0 heterocycles. The van der Waals surface area contributed by atoms with Crippen molar-refractivity contribution < 1.29 is 19.0 Å². The summed E-state index contributed by atoms with van der Waals surface area (Å²) < 4.78 is 15.1. The molecule has 0 saturated carbocycles. The van der Waals surface area contributed by atoms with Gasteiger partial charge in [0, 0.05) is 0 Å². The van der Waals surface area contributed by atoms with Gasteiger partial charge >= 0.3 is 5.97 Å². The molecule has 0 N–H and O–H groups in total. The zero-order valence-corrected chi connectivity index (χ0v) is 12.1. The van der Waals surface area contributed by atoms with Crippen molar-refractivity contribution in [2.24, 2.45) is 5.92 Å². The van der Waals surface area contributed by atoms with Gasteiger partial charge in [-0.25, -0.2) is 0 Å². The monoisotopic (exact) mass is 288 g/mol. The molecule has 0 fully saturated rings. The Balaban J connectivity index is 3.18. The lowest BCUT2D eigenvalue weighted by atomic mass is 9.88. The number of rotatable bonds is 6. The fourth-order valence-corrected chi connectivity index (χ4v) is 1.88. The molecule has 0 amide bonds. The molecule has 21 heavy (non-hydrogen) atoms. The average Bonchev–Trinajstić information content (AvgIpc) is 2.51. The Kier molecular flexibility index (Phi) is 6.03. The second kappa shape index (κ2) is 7.76. The first kappa shape index (κ1) is 16.3. The highest BCUT2D eigenvalue weighted by Gasteiger charge is 2.31. The molecular formula is C15H16N2O4. The van der Waals surface area contributed by atoms with Crippen LogP contribution in [0.25, 0.3) is 0 Å². The van der Waals surface area contributed by atoms with Crippen LogP contribution in [0, 0.1) is 28.6 Å². The zero-order chi connectivity index (χ0) is 15.8. The lowest BCUT2D eigenvalue weighted by Gasteiger charge is -2.16. The van der Waals surface area contributed by atoms with Crippen LogP contribution in [0.2, 0.25) is 0 Å². The molecule has 1 aromatic carbocycles. The Hall–Kier alpha value is -2.73. The molecule has 0 saturated heterocycles. The Bertz CT molecular complexity index is 586. The van der Waals surface area contributed by atoms with Gasteiger partial charge in [-0.1, -0.05) is 6.07 Å². The van der Waals surface area contributed by atoms with E-state index in [1.807, 2.05) is 12.1 Å². The molecule has 1 rings (SSSR count). The third-order valence-corrected chi connectivity index (χ3v) is 2.92. The predicted octanol–water partition coefficient (Wildman–Crippen LogP) is 2.01. The van der Waals surface area contributed by atoms with E-state index in [0.29, 0.717) is 17.1 Å². The zero-order valence-electron chi connectivity index (χ0n) is 12.1. The summed E-state index contributed by atoms with van der Waals surface area (Å²) in [6, 6.07) is 8.64. The maximum Gasteiger partial charge on any atom is 0.325 e. The van der Waals surface area contributed by atoms with Gasteiger partial charge in [0.25, 0.3) is 0 Å². The van der Waals surface area contributed by atoms with Crippen LogP contribution >= 0.6 is 0 Å². The lowest BCUT2D eigenvalue weighted by Crippen LogP contribution is -2.22. The minimum atomic E-state index is -1.19. The lowest BCUT2D eigenvalue weighted by molar-refractivity contribution is -0.146. The quantitative estimate of drug-likeness (QED) is 0.743. The van der Waals surface area contributed by atoms with Crippen molar-refractivity contribution in [1.82, 2.24) is 0 Å². The molecule has 0 aliphatic heterocycles. The number of esters is 1. The molecular weight excluding hydrogens is 272 g/mol. The first-order chi connectivity index (χ1) is 10.1. The summed E-state index contributed by atoms with van der Waals surface area (Å²) in [6.07, 6.45) is 0. The molecule has 1 aromatic rings. The largest absolute Gasteiger partial charge is 0.493 e. The Labute approximate surface area is 123 Å². The first-order valence-corrected chi connectivity index (χ1v) is 6.30. The maximum absolute atomic E-state index is 11.8. The van der Waals surface area contributed by atoms with E-state index >= 15 is 0 Å². The van der Waals surface area contributed by atoms with Crippen LogP contribution in [-0.4, -0.2) is 26.8 Å². The average molecular weight is 288 g/mol. The van der Waals surface area contributed by atoms with Gasteiger partial charge in [-0.15, -0.1) is 0 Å². The molecule has 0 aliphatic carbocycles. The van der Waals surface area contributed by atoms with Crippen molar-refractivity contribution in [2.45, 2.75) is 12.8 Å². The third kappa shape index (κ3) is 3.64. The summed E-state index contributed by atoms with van der Waals surface area (Å²) in [5, 5.41) is 18.5. The summed E-state index contributed by atoms with van der Waals surface area (Å²) >= 11 is 0.